The molecule has 0 radical (unpaired) electrons. The smallest absolute Gasteiger partial charge is 0.257 e. The monoisotopic (exact) mass is 371 g/mol. The third-order valence-electron chi connectivity index (χ3n) is 5.60. The highest BCUT2D eigenvalue weighted by atomic mass is 16.5. The van der Waals surface area contributed by atoms with Crippen molar-refractivity contribution in [3.05, 3.63) is 71.5 Å². The quantitative estimate of drug-likeness (QED) is 0.504. The molecule has 1 fully saturated rings. The predicted octanol–water partition coefficient (Wildman–Crippen LogP) is 5.05. The Kier molecular flexibility index (Phi) is 3.90. The van der Waals surface area contributed by atoms with Crippen molar-refractivity contribution in [1.29, 1.82) is 0 Å². The van der Waals surface area contributed by atoms with E-state index in [0.717, 1.165) is 29.5 Å². The van der Waals surface area contributed by atoms with Gasteiger partial charge in [0.15, 0.2) is 0 Å². The summed E-state index contributed by atoms with van der Waals surface area (Å²) in [6, 6.07) is 16.9. The summed E-state index contributed by atoms with van der Waals surface area (Å²) in [5.41, 5.74) is 2.94. The minimum absolute atomic E-state index is 0.0103. The number of carbonyl (C=O) groups is 1. The van der Waals surface area contributed by atoms with Gasteiger partial charge in [-0.05, 0) is 55.2 Å². The number of nitrogens with zero attached hydrogens (tertiary/aromatic N) is 3. The number of amides is 1. The molecule has 5 heteroatoms. The minimum Gasteiger partial charge on any atom is -0.336 e. The molecule has 0 aliphatic heterocycles. The van der Waals surface area contributed by atoms with Gasteiger partial charge in [-0.1, -0.05) is 41.6 Å². The molecule has 2 aromatic carbocycles. The minimum atomic E-state index is -0.0103. The van der Waals surface area contributed by atoms with Crippen molar-refractivity contribution in [1.82, 2.24) is 15.0 Å². The van der Waals surface area contributed by atoms with E-state index in [1.165, 1.54) is 10.8 Å². The summed E-state index contributed by atoms with van der Waals surface area (Å²) in [5.74, 6) is 0.0122. The number of hydrogen-bond donors (Lipinski definition) is 0. The summed E-state index contributed by atoms with van der Waals surface area (Å²) in [6.07, 6.45) is 3.69. The summed E-state index contributed by atoms with van der Waals surface area (Å²) in [4.78, 5) is 19.7. The van der Waals surface area contributed by atoms with Crippen LogP contribution in [0.5, 0.6) is 0 Å². The molecule has 0 saturated heterocycles. The molecule has 140 valence electrons. The Hall–Kier alpha value is -3.21. The summed E-state index contributed by atoms with van der Waals surface area (Å²) in [6.45, 7) is 3.97. The highest BCUT2D eigenvalue weighted by Crippen LogP contribution is 2.36. The number of rotatable bonds is 4. The van der Waals surface area contributed by atoms with Gasteiger partial charge in [-0.2, -0.15) is 0 Å². The summed E-state index contributed by atoms with van der Waals surface area (Å²) in [7, 11) is 0. The fourth-order valence-corrected chi connectivity index (χ4v) is 3.85. The van der Waals surface area contributed by atoms with Gasteiger partial charge in [-0.15, -0.1) is 0 Å². The van der Waals surface area contributed by atoms with Gasteiger partial charge in [-0.3, -0.25) is 4.79 Å². The number of hydrogen-bond acceptors (Lipinski definition) is 4. The summed E-state index contributed by atoms with van der Waals surface area (Å²) in [5, 5.41) is 7.13. The highest BCUT2D eigenvalue weighted by molar-refractivity contribution is 5.97. The first kappa shape index (κ1) is 16.9. The number of carbonyl (C=O) groups excluding carboxylic acids is 1. The zero-order chi connectivity index (χ0) is 19.3. The van der Waals surface area contributed by atoms with Crippen LogP contribution in [0, 0.1) is 6.92 Å². The van der Waals surface area contributed by atoms with Gasteiger partial charge in [0.1, 0.15) is 0 Å². The van der Waals surface area contributed by atoms with Gasteiger partial charge in [-0.25, -0.2) is 4.98 Å². The molecule has 2 heterocycles. The first-order valence-electron chi connectivity index (χ1n) is 9.65. The van der Waals surface area contributed by atoms with Crippen LogP contribution in [0.2, 0.25) is 0 Å². The van der Waals surface area contributed by atoms with Gasteiger partial charge in [0.2, 0.25) is 0 Å². The largest absolute Gasteiger partial charge is 0.336 e. The standard InChI is InChI=1S/C23H21N3O2/c1-14-21-12-19(13-24-22(21)28-25-14)23(27)26(20-9-10-20)15(2)17-8-7-16-5-3-4-6-18(16)11-17/h3-8,11-13,15,20H,9-10H2,1-2H3/t15-/m0/s1. The third-order valence-corrected chi connectivity index (χ3v) is 5.60. The van der Waals surface area contributed by atoms with Crippen molar-refractivity contribution in [2.24, 2.45) is 0 Å². The second-order valence-electron chi connectivity index (χ2n) is 7.57. The van der Waals surface area contributed by atoms with E-state index in [1.807, 2.05) is 30.0 Å². The van der Waals surface area contributed by atoms with E-state index in [-0.39, 0.29) is 18.0 Å². The molecular formula is C23H21N3O2. The predicted molar refractivity (Wildman–Crippen MR) is 108 cm³/mol. The Bertz CT molecular complexity index is 1190. The lowest BCUT2D eigenvalue weighted by Gasteiger charge is -2.30. The molecule has 5 rings (SSSR count). The zero-order valence-corrected chi connectivity index (χ0v) is 15.9. The molecule has 1 amide bonds. The first-order valence-corrected chi connectivity index (χ1v) is 9.65. The van der Waals surface area contributed by atoms with E-state index >= 15 is 0 Å². The molecule has 1 aliphatic carbocycles. The van der Waals surface area contributed by atoms with Crippen molar-refractivity contribution in [3.8, 4) is 0 Å². The fraction of sp³-hybridized carbons (Fsp3) is 0.261. The molecule has 1 aliphatic rings. The molecular weight excluding hydrogens is 350 g/mol. The Morgan fingerprint density at radius 3 is 2.71 bits per heavy atom. The fourth-order valence-electron chi connectivity index (χ4n) is 3.85. The number of pyridine rings is 1. The van der Waals surface area contributed by atoms with Gasteiger partial charge in [0.25, 0.3) is 11.6 Å². The van der Waals surface area contributed by atoms with Crippen molar-refractivity contribution >= 4 is 27.8 Å². The molecule has 1 saturated carbocycles. The van der Waals surface area contributed by atoms with E-state index in [1.54, 1.807) is 6.20 Å². The molecule has 0 spiro atoms. The van der Waals surface area contributed by atoms with E-state index in [4.69, 9.17) is 4.52 Å². The van der Waals surface area contributed by atoms with Crippen LogP contribution in [0.25, 0.3) is 21.9 Å². The van der Waals surface area contributed by atoms with Crippen LogP contribution in [0.3, 0.4) is 0 Å². The van der Waals surface area contributed by atoms with Gasteiger partial charge >= 0.3 is 0 Å². The third kappa shape index (κ3) is 2.83. The summed E-state index contributed by atoms with van der Waals surface area (Å²) < 4.78 is 5.18. The van der Waals surface area contributed by atoms with Crippen LogP contribution < -0.4 is 0 Å². The van der Waals surface area contributed by atoms with Crippen LogP contribution in [-0.2, 0) is 0 Å². The second kappa shape index (κ2) is 6.44. The first-order chi connectivity index (χ1) is 13.6. The second-order valence-corrected chi connectivity index (χ2v) is 7.57. The SMILES string of the molecule is Cc1noc2ncc(C(=O)N(C3CC3)[C@@H](C)c3ccc4ccccc4c3)cc12. The van der Waals surface area contributed by atoms with Crippen LogP contribution in [0.15, 0.2) is 59.3 Å². The Balaban J connectivity index is 1.51. The van der Waals surface area contributed by atoms with Crippen molar-refractivity contribution < 1.29 is 9.32 Å². The van der Waals surface area contributed by atoms with E-state index < -0.39 is 0 Å². The maximum Gasteiger partial charge on any atom is 0.257 e. The number of aryl methyl sites for hydroxylation is 1. The topological polar surface area (TPSA) is 59.2 Å². The Morgan fingerprint density at radius 2 is 1.93 bits per heavy atom. The zero-order valence-electron chi connectivity index (χ0n) is 15.9. The molecule has 0 bridgehead atoms. The Labute approximate surface area is 163 Å². The average molecular weight is 371 g/mol. The van der Waals surface area contributed by atoms with Gasteiger partial charge < -0.3 is 9.42 Å². The maximum atomic E-state index is 13.4. The molecule has 28 heavy (non-hydrogen) atoms. The number of aromatic nitrogens is 2. The lowest BCUT2D eigenvalue weighted by Crippen LogP contribution is -2.35. The molecule has 5 nitrogen and oxygen atoms in total. The van der Waals surface area contributed by atoms with Crippen LogP contribution >= 0.6 is 0 Å². The Morgan fingerprint density at radius 1 is 1.14 bits per heavy atom. The van der Waals surface area contributed by atoms with Crippen LogP contribution in [0.4, 0.5) is 0 Å². The normalized spacial score (nSPS) is 15.1. The van der Waals surface area contributed by atoms with Crippen molar-refractivity contribution in [2.75, 3.05) is 0 Å². The van der Waals surface area contributed by atoms with E-state index in [2.05, 4.69) is 47.4 Å². The van der Waals surface area contributed by atoms with E-state index in [9.17, 15) is 4.79 Å². The van der Waals surface area contributed by atoms with Crippen LogP contribution in [0.1, 0.15) is 47.4 Å². The highest BCUT2D eigenvalue weighted by Gasteiger charge is 2.37. The summed E-state index contributed by atoms with van der Waals surface area (Å²) >= 11 is 0. The molecule has 2 aromatic heterocycles. The van der Waals surface area contributed by atoms with Crippen LogP contribution in [-0.4, -0.2) is 27.0 Å². The van der Waals surface area contributed by atoms with Crippen molar-refractivity contribution in [2.45, 2.75) is 38.8 Å². The number of fused-ring (bicyclic) bond motifs is 2. The average Bonchev–Trinajstić information content (AvgIpc) is 3.50. The molecule has 4 aromatic rings. The van der Waals surface area contributed by atoms with Crippen molar-refractivity contribution in [3.63, 3.8) is 0 Å². The van der Waals surface area contributed by atoms with Gasteiger partial charge in [0.05, 0.1) is 22.7 Å². The van der Waals surface area contributed by atoms with Gasteiger partial charge in [0, 0.05) is 12.2 Å². The molecule has 1 atom stereocenters. The lowest BCUT2D eigenvalue weighted by atomic mass is 10.0. The maximum absolute atomic E-state index is 13.4. The number of benzene rings is 2. The lowest BCUT2D eigenvalue weighted by molar-refractivity contribution is 0.0674. The molecule has 0 unspecified atom stereocenters. The molecule has 0 N–H and O–H groups in total. The van der Waals surface area contributed by atoms with E-state index in [0.29, 0.717) is 11.3 Å².